The summed E-state index contributed by atoms with van der Waals surface area (Å²) in [4.78, 5) is 18.9. The molecule has 1 atom stereocenters. The second-order valence-electron chi connectivity index (χ2n) is 4.74. The van der Waals surface area contributed by atoms with E-state index in [4.69, 9.17) is 4.74 Å². The second kappa shape index (κ2) is 7.36. The Kier molecular flexibility index (Phi) is 5.50. The maximum Gasteiger partial charge on any atom is 0.317 e. The molecule has 21 heavy (non-hydrogen) atoms. The Labute approximate surface area is 128 Å². The van der Waals surface area contributed by atoms with Crippen molar-refractivity contribution in [3.63, 3.8) is 0 Å². The molecule has 0 saturated carbocycles. The Balaban J connectivity index is 2.15. The van der Waals surface area contributed by atoms with Crippen molar-refractivity contribution in [2.75, 3.05) is 6.61 Å². The minimum Gasteiger partial charge on any atom is -0.494 e. The van der Waals surface area contributed by atoms with Crippen molar-refractivity contribution in [3.05, 3.63) is 18.2 Å². The van der Waals surface area contributed by atoms with Crippen LogP contribution in [0.1, 0.15) is 33.1 Å². The zero-order chi connectivity index (χ0) is 15.2. The molecule has 0 radical (unpaired) electrons. The number of imidazole rings is 1. The summed E-state index contributed by atoms with van der Waals surface area (Å²) in [5.74, 6) is -0.00474. The molecule has 1 aromatic heterocycles. The van der Waals surface area contributed by atoms with E-state index in [1.54, 1.807) is 0 Å². The molecule has 0 fully saturated rings. The van der Waals surface area contributed by atoms with Crippen LogP contribution in [-0.2, 0) is 4.79 Å². The number of carboxylic acids is 1. The molecule has 2 rings (SSSR count). The topological polar surface area (TPSA) is 75.2 Å². The zero-order valence-electron chi connectivity index (χ0n) is 12.3. The standard InChI is InChI=1S/C15H20N2O3S/c1-3-5-6-13(14(18)19)21-15-16-11-8-7-10(20-4-2)9-12(11)17-15/h7-9,13H,3-6H2,1-2H3,(H,16,17)(H,18,19). The summed E-state index contributed by atoms with van der Waals surface area (Å²) in [5, 5.41) is 9.45. The molecule has 0 aliphatic carbocycles. The van der Waals surface area contributed by atoms with Gasteiger partial charge in [-0.15, -0.1) is 0 Å². The summed E-state index contributed by atoms with van der Waals surface area (Å²) < 4.78 is 5.45. The Morgan fingerprint density at radius 3 is 2.95 bits per heavy atom. The molecule has 1 aromatic carbocycles. The van der Waals surface area contributed by atoms with Crippen LogP contribution in [0, 0.1) is 0 Å². The summed E-state index contributed by atoms with van der Waals surface area (Å²) >= 11 is 1.27. The Hall–Kier alpha value is -1.69. The molecular formula is C15H20N2O3S. The van der Waals surface area contributed by atoms with Crippen molar-refractivity contribution in [1.29, 1.82) is 0 Å². The highest BCUT2D eigenvalue weighted by molar-refractivity contribution is 8.00. The maximum atomic E-state index is 11.3. The van der Waals surface area contributed by atoms with Crippen molar-refractivity contribution in [2.24, 2.45) is 0 Å². The molecular weight excluding hydrogens is 288 g/mol. The number of rotatable bonds is 8. The third-order valence-corrected chi connectivity index (χ3v) is 4.23. The molecule has 0 aliphatic heterocycles. The van der Waals surface area contributed by atoms with E-state index in [0.717, 1.165) is 29.6 Å². The number of carboxylic acid groups (broad SMARTS) is 1. The van der Waals surface area contributed by atoms with Crippen LogP contribution in [0.3, 0.4) is 0 Å². The van der Waals surface area contributed by atoms with Crippen molar-refractivity contribution in [1.82, 2.24) is 9.97 Å². The van der Waals surface area contributed by atoms with Crippen molar-refractivity contribution < 1.29 is 14.6 Å². The van der Waals surface area contributed by atoms with Gasteiger partial charge in [-0.3, -0.25) is 4.79 Å². The molecule has 0 amide bonds. The zero-order valence-corrected chi connectivity index (χ0v) is 13.1. The number of nitrogens with one attached hydrogen (secondary N) is 1. The number of unbranched alkanes of at least 4 members (excludes halogenated alkanes) is 1. The molecule has 5 nitrogen and oxygen atoms in total. The molecule has 1 unspecified atom stereocenters. The highest BCUT2D eigenvalue weighted by Gasteiger charge is 2.20. The van der Waals surface area contributed by atoms with E-state index in [2.05, 4.69) is 16.9 Å². The van der Waals surface area contributed by atoms with Crippen LogP contribution in [0.15, 0.2) is 23.4 Å². The predicted molar refractivity (Wildman–Crippen MR) is 84.1 cm³/mol. The number of fused-ring (bicyclic) bond motifs is 1. The molecule has 2 aromatic rings. The van der Waals surface area contributed by atoms with E-state index < -0.39 is 11.2 Å². The monoisotopic (exact) mass is 308 g/mol. The van der Waals surface area contributed by atoms with Gasteiger partial charge >= 0.3 is 5.97 Å². The quantitative estimate of drug-likeness (QED) is 0.727. The van der Waals surface area contributed by atoms with Gasteiger partial charge in [-0.2, -0.15) is 0 Å². The molecule has 0 bridgehead atoms. The fourth-order valence-corrected chi connectivity index (χ4v) is 3.01. The van der Waals surface area contributed by atoms with Gasteiger partial charge in [0.25, 0.3) is 0 Å². The van der Waals surface area contributed by atoms with Crippen LogP contribution >= 0.6 is 11.8 Å². The van der Waals surface area contributed by atoms with Crippen LogP contribution in [-0.4, -0.2) is 32.9 Å². The van der Waals surface area contributed by atoms with Gasteiger partial charge < -0.3 is 14.8 Å². The van der Waals surface area contributed by atoms with Gasteiger partial charge in [0.05, 0.1) is 17.6 Å². The van der Waals surface area contributed by atoms with Crippen LogP contribution in [0.5, 0.6) is 5.75 Å². The average molecular weight is 308 g/mol. The Morgan fingerprint density at radius 1 is 1.48 bits per heavy atom. The van der Waals surface area contributed by atoms with E-state index in [1.807, 2.05) is 25.1 Å². The average Bonchev–Trinajstić information content (AvgIpc) is 2.85. The first-order valence-electron chi connectivity index (χ1n) is 7.16. The lowest BCUT2D eigenvalue weighted by Crippen LogP contribution is -2.16. The van der Waals surface area contributed by atoms with Crippen LogP contribution in [0.2, 0.25) is 0 Å². The number of thioether (sulfide) groups is 1. The van der Waals surface area contributed by atoms with Gasteiger partial charge in [0.2, 0.25) is 0 Å². The Bertz CT molecular complexity index is 612. The van der Waals surface area contributed by atoms with Crippen LogP contribution < -0.4 is 4.74 Å². The smallest absolute Gasteiger partial charge is 0.317 e. The third-order valence-electron chi connectivity index (χ3n) is 3.09. The van der Waals surface area contributed by atoms with Crippen molar-refractivity contribution in [3.8, 4) is 5.75 Å². The van der Waals surface area contributed by atoms with Crippen molar-refractivity contribution >= 4 is 28.8 Å². The first-order valence-corrected chi connectivity index (χ1v) is 8.04. The number of aromatic amines is 1. The number of aliphatic carboxylic acids is 1. The minimum absolute atomic E-state index is 0.461. The lowest BCUT2D eigenvalue weighted by Gasteiger charge is -2.08. The molecule has 2 N–H and O–H groups in total. The lowest BCUT2D eigenvalue weighted by molar-refractivity contribution is -0.136. The summed E-state index contributed by atoms with van der Waals surface area (Å²) in [6.45, 7) is 4.60. The number of aromatic nitrogens is 2. The van der Waals surface area contributed by atoms with Crippen molar-refractivity contribution in [2.45, 2.75) is 43.5 Å². The van der Waals surface area contributed by atoms with E-state index in [-0.39, 0.29) is 0 Å². The fraction of sp³-hybridized carbons (Fsp3) is 0.467. The molecule has 0 aliphatic rings. The van der Waals surface area contributed by atoms with Crippen LogP contribution in [0.4, 0.5) is 0 Å². The van der Waals surface area contributed by atoms with Gasteiger partial charge in [-0.1, -0.05) is 31.5 Å². The van der Waals surface area contributed by atoms with E-state index in [1.165, 1.54) is 11.8 Å². The van der Waals surface area contributed by atoms with Gasteiger partial charge in [0.1, 0.15) is 11.0 Å². The number of benzene rings is 1. The van der Waals surface area contributed by atoms with Gasteiger partial charge in [0.15, 0.2) is 5.16 Å². The number of H-pyrrole nitrogens is 1. The summed E-state index contributed by atoms with van der Waals surface area (Å²) in [6.07, 6.45) is 2.54. The second-order valence-corrected chi connectivity index (χ2v) is 5.93. The normalized spacial score (nSPS) is 12.5. The lowest BCUT2D eigenvalue weighted by atomic mass is 10.2. The number of nitrogens with zero attached hydrogens (tertiary/aromatic N) is 1. The number of hydrogen-bond donors (Lipinski definition) is 2. The van der Waals surface area contributed by atoms with E-state index >= 15 is 0 Å². The van der Waals surface area contributed by atoms with Gasteiger partial charge in [0, 0.05) is 6.07 Å². The first-order chi connectivity index (χ1) is 10.1. The predicted octanol–water partition coefficient (Wildman–Crippen LogP) is 3.70. The largest absolute Gasteiger partial charge is 0.494 e. The summed E-state index contributed by atoms with van der Waals surface area (Å²) in [5.41, 5.74) is 1.68. The van der Waals surface area contributed by atoms with E-state index in [0.29, 0.717) is 18.2 Å². The molecule has 0 saturated heterocycles. The van der Waals surface area contributed by atoms with Gasteiger partial charge in [-0.05, 0) is 25.5 Å². The first kappa shape index (κ1) is 15.7. The maximum absolute atomic E-state index is 11.3. The highest BCUT2D eigenvalue weighted by atomic mass is 32.2. The van der Waals surface area contributed by atoms with Crippen LogP contribution in [0.25, 0.3) is 11.0 Å². The van der Waals surface area contributed by atoms with E-state index in [9.17, 15) is 9.90 Å². The van der Waals surface area contributed by atoms with Gasteiger partial charge in [-0.25, -0.2) is 4.98 Å². The molecule has 0 spiro atoms. The summed E-state index contributed by atoms with van der Waals surface area (Å²) in [6, 6.07) is 5.63. The molecule has 1 heterocycles. The number of carbonyl (C=O) groups is 1. The number of hydrogen-bond acceptors (Lipinski definition) is 4. The fourth-order valence-electron chi connectivity index (χ4n) is 2.03. The highest BCUT2D eigenvalue weighted by Crippen LogP contribution is 2.28. The number of ether oxygens (including phenoxy) is 1. The Morgan fingerprint density at radius 2 is 2.29 bits per heavy atom. The third kappa shape index (κ3) is 4.14. The summed E-state index contributed by atoms with van der Waals surface area (Å²) in [7, 11) is 0. The minimum atomic E-state index is -0.788. The SMILES string of the molecule is CCCCC(Sc1nc2ccc(OCC)cc2[nH]1)C(=O)O. The molecule has 114 valence electrons. The molecule has 6 heteroatoms.